The van der Waals surface area contributed by atoms with E-state index < -0.39 is 125 Å². The molecule has 4 fully saturated rings. The van der Waals surface area contributed by atoms with E-state index >= 15 is 9.59 Å². The normalized spacial score (nSPS) is 27.7. The summed E-state index contributed by atoms with van der Waals surface area (Å²) in [7, 11) is 1.85. The molecule has 11 atom stereocenters. The monoisotopic (exact) mass is 1180 g/mol. The minimum absolute atomic E-state index is 0. The fraction of sp³-hybridized carbons (Fsp3) is 0.444. The van der Waals surface area contributed by atoms with Crippen molar-refractivity contribution < 1.29 is 98.7 Å². The lowest BCUT2D eigenvalue weighted by Gasteiger charge is -2.67. The van der Waals surface area contributed by atoms with E-state index in [1.165, 1.54) is 32.2 Å². The molecule has 84 heavy (non-hydrogen) atoms. The third kappa shape index (κ3) is 12.1. The predicted molar refractivity (Wildman–Crippen MR) is 293 cm³/mol. The van der Waals surface area contributed by atoms with Gasteiger partial charge in [-0.15, -0.1) is 0 Å². The predicted octanol–water partition coefficient (Wildman–Crippen LogP) is 2.20. The molecule has 3 aromatic carbocycles. The van der Waals surface area contributed by atoms with Crippen molar-refractivity contribution >= 4 is 47.5 Å². The summed E-state index contributed by atoms with van der Waals surface area (Å²) in [5, 5.41) is 29.2. The van der Waals surface area contributed by atoms with E-state index in [4.69, 9.17) is 33.2 Å². The average molecular weight is 1180 g/mol. The Hall–Kier alpha value is -7.78. The highest BCUT2D eigenvalue weighted by Crippen LogP contribution is 2.64. The minimum Gasteiger partial charge on any atom is -1.00 e. The van der Waals surface area contributed by atoms with E-state index in [1.807, 2.05) is 16.5 Å². The van der Waals surface area contributed by atoms with Crippen LogP contribution in [0.15, 0.2) is 139 Å². The van der Waals surface area contributed by atoms with Gasteiger partial charge in [0.05, 0.1) is 41.8 Å². The number of amides is 1. The van der Waals surface area contributed by atoms with Gasteiger partial charge in [-0.2, -0.15) is 0 Å². The van der Waals surface area contributed by atoms with E-state index in [2.05, 4.69) is 5.32 Å². The number of piperidine rings is 1. The number of hydrogen-bond acceptors (Lipinski definition) is 18. The zero-order valence-corrected chi connectivity index (χ0v) is 48.5. The second-order valence-corrected chi connectivity index (χ2v) is 22.9. The molecule has 1 aromatic heterocycles. The highest BCUT2D eigenvalue weighted by atomic mass is 35.5. The fourth-order valence-corrected chi connectivity index (χ4v) is 12.8. The Morgan fingerprint density at radius 2 is 1.40 bits per heavy atom. The molecule has 2 saturated carbocycles. The molecule has 446 valence electrons. The molecule has 1 amide bonds. The third-order valence-electron chi connectivity index (χ3n) is 17.4. The Bertz CT molecular complexity index is 3190. The molecule has 2 saturated heterocycles. The molecular formula is C63H70ClN3O17. The number of ketones is 1. The first-order chi connectivity index (χ1) is 39.5. The number of aromatic nitrogens is 1. The number of fused-ring (bicyclic) bond motifs is 5. The number of aryl methyl sites for hydroxylation is 1. The number of carbonyl (C=O) groups excluding carboxylic acids is 8. The molecule has 20 nitrogen and oxygen atoms in total. The molecule has 3 heterocycles. The van der Waals surface area contributed by atoms with Gasteiger partial charge in [0, 0.05) is 75.2 Å². The van der Waals surface area contributed by atoms with Gasteiger partial charge in [0.25, 0.3) is 5.91 Å². The van der Waals surface area contributed by atoms with Crippen LogP contribution in [0.2, 0.25) is 0 Å². The average Bonchev–Trinajstić information content (AvgIpc) is 0.854. The summed E-state index contributed by atoms with van der Waals surface area (Å²) in [6.07, 6.45) is -3.51. The number of hydrogen-bond donors (Lipinski definition) is 3. The number of ether oxygens (including phenoxy) is 7. The molecule has 2 aliphatic heterocycles. The summed E-state index contributed by atoms with van der Waals surface area (Å²) in [6.45, 7) is 9.06. The van der Waals surface area contributed by atoms with Crippen LogP contribution in [0.3, 0.4) is 0 Å². The summed E-state index contributed by atoms with van der Waals surface area (Å²) >= 11 is 0. The molecular weight excluding hydrogens is 1110 g/mol. The summed E-state index contributed by atoms with van der Waals surface area (Å²) in [5.41, 5.74) is -7.12. The summed E-state index contributed by atoms with van der Waals surface area (Å²) in [5.74, 6) is -8.48. The molecule has 3 aliphatic carbocycles. The third-order valence-corrected chi connectivity index (χ3v) is 17.4. The van der Waals surface area contributed by atoms with Crippen molar-refractivity contribution in [3.63, 3.8) is 0 Å². The van der Waals surface area contributed by atoms with Gasteiger partial charge in [-0.3, -0.25) is 19.2 Å². The van der Waals surface area contributed by atoms with Crippen LogP contribution >= 0.6 is 0 Å². The first-order valence-electron chi connectivity index (χ1n) is 27.8. The van der Waals surface area contributed by atoms with Crippen LogP contribution in [0, 0.1) is 22.7 Å². The Morgan fingerprint density at radius 3 is 1.99 bits per heavy atom. The van der Waals surface area contributed by atoms with Crippen molar-refractivity contribution in [1.82, 2.24) is 10.2 Å². The second kappa shape index (κ2) is 25.2. The van der Waals surface area contributed by atoms with Crippen LogP contribution in [-0.4, -0.2) is 137 Å². The minimum atomic E-state index is -2.49. The first kappa shape index (κ1) is 62.3. The smallest absolute Gasteiger partial charge is 0.350 e. The lowest BCUT2D eigenvalue weighted by molar-refractivity contribution is -0.671. The van der Waals surface area contributed by atoms with Gasteiger partial charge in [-0.05, 0) is 73.6 Å². The van der Waals surface area contributed by atoms with Gasteiger partial charge in [0.2, 0.25) is 6.10 Å². The van der Waals surface area contributed by atoms with Gasteiger partial charge >= 0.3 is 35.8 Å². The largest absolute Gasteiger partial charge is 1.00 e. The number of Topliss-reactive ketones (excluding diaryl/α,β-unsaturated/α-hetero) is 1. The van der Waals surface area contributed by atoms with Crippen LogP contribution < -0.4 is 22.3 Å². The Kier molecular flexibility index (Phi) is 18.7. The highest BCUT2D eigenvalue weighted by molar-refractivity contribution is 5.97. The van der Waals surface area contributed by atoms with Crippen molar-refractivity contribution in [2.45, 2.75) is 121 Å². The molecule has 5 aliphatic rings. The number of pyridine rings is 1. The fourth-order valence-electron chi connectivity index (χ4n) is 12.8. The number of nitrogens with one attached hydrogen (secondary N) is 1. The van der Waals surface area contributed by atoms with Crippen molar-refractivity contribution in [3.8, 4) is 0 Å². The molecule has 21 heteroatoms. The SMILES string of the molecule is CC(=O)O[C@H]1C(=O)[C@@]2(C)[C@H]([C@H](OC(=O)c3ccccc3)[C@]3(O)C[C@H](OC(=O)C(OC(=O)/C=C/N4CCC(COC(=O)c5cc[n+](C)cc5)CC4)[C@@H](NC(=O)c4ccccc4)c4ccccc4)C(C)=C1C3(C)C)[C@]1(OC(C)=O)CO[C@@H]1C[C@@H]2O.[Cl-]. The zero-order chi connectivity index (χ0) is 59.6. The van der Waals surface area contributed by atoms with Crippen LogP contribution in [-0.2, 0) is 64.2 Å². The number of esters is 6. The summed E-state index contributed by atoms with van der Waals surface area (Å²) in [4.78, 5) is 116. The number of aliphatic hydroxyl groups excluding tert-OH is 1. The lowest BCUT2D eigenvalue weighted by atomic mass is 9.44. The number of nitrogens with zero attached hydrogens (tertiary/aromatic N) is 2. The van der Waals surface area contributed by atoms with Gasteiger partial charge in [0.1, 0.15) is 37.0 Å². The van der Waals surface area contributed by atoms with Gasteiger partial charge in [-0.25, -0.2) is 23.7 Å². The number of carbonyl (C=O) groups is 8. The Labute approximate surface area is 492 Å². The molecule has 4 aromatic rings. The second-order valence-electron chi connectivity index (χ2n) is 22.9. The van der Waals surface area contributed by atoms with Crippen LogP contribution in [0.25, 0.3) is 0 Å². The van der Waals surface area contributed by atoms with Crippen molar-refractivity contribution in [1.29, 1.82) is 0 Å². The summed E-state index contributed by atoms with van der Waals surface area (Å²) < 4.78 is 44.6. The van der Waals surface area contributed by atoms with Gasteiger partial charge < -0.3 is 66.0 Å². The van der Waals surface area contributed by atoms with E-state index in [0.29, 0.717) is 37.1 Å². The Balaban J connectivity index is 0.00000920. The van der Waals surface area contributed by atoms with Gasteiger partial charge in [0.15, 0.2) is 29.9 Å². The summed E-state index contributed by atoms with van der Waals surface area (Å²) in [6, 6.07) is 26.1. The zero-order valence-electron chi connectivity index (χ0n) is 47.8. The van der Waals surface area contributed by atoms with Crippen molar-refractivity contribution in [3.05, 3.63) is 161 Å². The van der Waals surface area contributed by atoms with Gasteiger partial charge in [-0.1, -0.05) is 80.6 Å². The standard InChI is InChI=1S/C63H69N3O17.ClH/c1-37-45(34-63(76)55(82-58(74)43-21-15-10-16-22-43)53-61(6,46(69)33-47-62(53,36-78-47)83-39(3)68)54(71)51(79-38(2)67)49(37)60(63,4)5)80-59(75)52(50(41-17-11-8-12-18-41)64-56(72)42-19-13-9-14-20-42)81-48(70)27-32-66-30-23-40(24-31-66)35-77-57(73)44-25-28-65(7)29-26-44;/h8-22,25-29,32,40,45-47,50-53,55,69,76H,23-24,30-31,33-36H2,1-7H3;1H/b32-27+;/t45-,46-,47+,50-,51+,52?,53-,55-,61+,62-,63+;/m0./s1. The maximum absolute atomic E-state index is 15.9. The maximum Gasteiger partial charge on any atom is 0.350 e. The van der Waals surface area contributed by atoms with Crippen LogP contribution in [0.4, 0.5) is 0 Å². The van der Waals surface area contributed by atoms with E-state index in [1.54, 1.807) is 117 Å². The Morgan fingerprint density at radius 1 is 0.810 bits per heavy atom. The van der Waals surface area contributed by atoms with Crippen LogP contribution in [0.5, 0.6) is 0 Å². The van der Waals surface area contributed by atoms with E-state index in [-0.39, 0.29) is 60.2 Å². The van der Waals surface area contributed by atoms with Crippen molar-refractivity contribution in [2.75, 3.05) is 26.3 Å². The molecule has 2 bridgehead atoms. The molecule has 3 N–H and O–H groups in total. The molecule has 1 unspecified atom stereocenters. The highest BCUT2D eigenvalue weighted by Gasteiger charge is 2.78. The molecule has 0 spiro atoms. The first-order valence-corrected chi connectivity index (χ1v) is 27.8. The van der Waals surface area contributed by atoms with Crippen molar-refractivity contribution in [2.24, 2.45) is 29.7 Å². The van der Waals surface area contributed by atoms with Crippen LogP contribution in [0.1, 0.15) is 110 Å². The number of halogens is 1. The number of rotatable bonds is 16. The number of likely N-dealkylation sites (tertiary alicyclic amines) is 1. The number of benzene rings is 3. The van der Waals surface area contributed by atoms with E-state index in [0.717, 1.165) is 19.9 Å². The maximum atomic E-state index is 15.9. The molecule has 0 radical (unpaired) electrons. The quantitative estimate of drug-likeness (QED) is 0.0478. The molecule has 9 rings (SSSR count). The lowest BCUT2D eigenvalue weighted by Crippen LogP contribution is -3.00. The topological polar surface area (TPSA) is 261 Å². The number of aliphatic hydroxyl groups is 2. The van der Waals surface area contributed by atoms with E-state index in [9.17, 15) is 39.0 Å².